The number of hydrogen-bond acceptors (Lipinski definition) is 2. The highest BCUT2D eigenvalue weighted by Crippen LogP contribution is 2.40. The van der Waals surface area contributed by atoms with E-state index in [-0.39, 0.29) is 33.0 Å². The van der Waals surface area contributed by atoms with E-state index in [0.717, 1.165) is 11.3 Å². The van der Waals surface area contributed by atoms with E-state index < -0.39 is 0 Å². The fourth-order valence-corrected chi connectivity index (χ4v) is 2.23. The number of nitro groups is 1. The maximum absolute atomic E-state index is 10.8. The summed E-state index contributed by atoms with van der Waals surface area (Å²) in [4.78, 5) is 10.4. The molecule has 5 heteroatoms. The molecule has 0 atom stereocenters. The third-order valence-electron chi connectivity index (χ3n) is 3.63. The Morgan fingerprint density at radius 2 is 1.94 bits per heavy atom. The van der Waals surface area contributed by atoms with Crippen molar-refractivity contribution in [3.05, 3.63) is 33.9 Å². The van der Waals surface area contributed by atoms with E-state index in [4.69, 9.17) is 0 Å². The predicted octanol–water partition coefficient (Wildman–Crippen LogP) is -0.375. The minimum absolute atomic E-state index is 0. The Morgan fingerprint density at radius 1 is 1.35 bits per heavy atom. The third kappa shape index (κ3) is 1.88. The second kappa shape index (κ2) is 4.22. The van der Waals surface area contributed by atoms with Crippen molar-refractivity contribution in [2.75, 3.05) is 7.05 Å². The van der Waals surface area contributed by atoms with E-state index in [1.165, 1.54) is 5.71 Å². The van der Waals surface area contributed by atoms with E-state index in [1.54, 1.807) is 12.1 Å². The van der Waals surface area contributed by atoms with Crippen LogP contribution in [0.4, 0.5) is 11.4 Å². The summed E-state index contributed by atoms with van der Waals surface area (Å²) in [6, 6.07) is 5.07. The Morgan fingerprint density at radius 3 is 2.47 bits per heavy atom. The number of fused-ring (bicyclic) bond motifs is 1. The lowest BCUT2D eigenvalue weighted by Crippen LogP contribution is -3.00. The minimum atomic E-state index is -0.343. The van der Waals surface area contributed by atoms with Gasteiger partial charge in [-0.3, -0.25) is 10.1 Å². The van der Waals surface area contributed by atoms with Gasteiger partial charge in [0.05, 0.1) is 10.3 Å². The van der Waals surface area contributed by atoms with Crippen molar-refractivity contribution in [3.8, 4) is 0 Å². The lowest BCUT2D eigenvalue weighted by Gasteiger charge is -2.14. The summed E-state index contributed by atoms with van der Waals surface area (Å²) in [5, 5.41) is 10.8. The van der Waals surface area contributed by atoms with Crippen LogP contribution in [0.25, 0.3) is 0 Å². The summed E-state index contributed by atoms with van der Waals surface area (Å²) in [5.41, 5.74) is 3.34. The monoisotopic (exact) mass is 298 g/mol. The Hall–Kier alpha value is -1.23. The van der Waals surface area contributed by atoms with Gasteiger partial charge in [-0.1, -0.05) is 0 Å². The predicted molar refractivity (Wildman–Crippen MR) is 62.6 cm³/mol. The Balaban J connectivity index is 0.00000144. The van der Waals surface area contributed by atoms with Gasteiger partial charge in [0, 0.05) is 30.7 Å². The second-order valence-electron chi connectivity index (χ2n) is 4.73. The zero-order valence-electron chi connectivity index (χ0n) is 10.3. The van der Waals surface area contributed by atoms with Crippen LogP contribution in [0.5, 0.6) is 0 Å². The molecule has 92 valence electrons. The zero-order valence-corrected chi connectivity index (χ0v) is 11.9. The first-order valence-electron chi connectivity index (χ1n) is 5.22. The molecule has 1 aromatic rings. The van der Waals surface area contributed by atoms with Crippen LogP contribution in [-0.2, 0) is 5.41 Å². The maximum atomic E-state index is 10.8. The molecule has 0 bridgehead atoms. The second-order valence-corrected chi connectivity index (χ2v) is 4.73. The molecule has 0 unspecified atom stereocenters. The van der Waals surface area contributed by atoms with E-state index in [9.17, 15) is 10.1 Å². The molecule has 0 aromatic heterocycles. The number of benzene rings is 1. The van der Waals surface area contributed by atoms with Crippen LogP contribution < -0.4 is 17.0 Å². The van der Waals surface area contributed by atoms with E-state index in [2.05, 4.69) is 25.3 Å². The number of halogens is 1. The van der Waals surface area contributed by atoms with Gasteiger partial charge in [0.1, 0.15) is 7.05 Å². The summed E-state index contributed by atoms with van der Waals surface area (Å²) in [6.45, 7) is 6.24. The van der Waals surface area contributed by atoms with Crippen LogP contribution in [0.1, 0.15) is 26.3 Å². The molecule has 1 heterocycles. The number of rotatable bonds is 1. The maximum Gasteiger partial charge on any atom is 0.270 e. The summed E-state index contributed by atoms with van der Waals surface area (Å²) in [7, 11) is 1.99. The largest absolute Gasteiger partial charge is 1.00 e. The van der Waals surface area contributed by atoms with Crippen molar-refractivity contribution >= 4 is 17.1 Å². The normalized spacial score (nSPS) is 16.5. The zero-order chi connectivity index (χ0) is 12.1. The molecule has 1 aromatic carbocycles. The van der Waals surface area contributed by atoms with E-state index in [0.29, 0.717) is 0 Å². The van der Waals surface area contributed by atoms with Crippen LogP contribution in [0.3, 0.4) is 0 Å². The molecule has 0 N–H and O–H groups in total. The smallest absolute Gasteiger partial charge is 0.270 e. The molecule has 1 aliphatic heterocycles. The molecule has 0 aliphatic carbocycles. The van der Waals surface area contributed by atoms with Crippen molar-refractivity contribution < 1.29 is 26.5 Å². The summed E-state index contributed by atoms with van der Waals surface area (Å²) < 4.78 is 2.10. The van der Waals surface area contributed by atoms with Gasteiger partial charge >= 0.3 is 0 Å². The number of nitrogens with zero attached hydrogens (tertiary/aromatic N) is 2. The third-order valence-corrected chi connectivity index (χ3v) is 3.63. The highest BCUT2D eigenvalue weighted by molar-refractivity contribution is 5.93. The van der Waals surface area contributed by atoms with Gasteiger partial charge in [-0.05, 0) is 13.8 Å². The average molecular weight is 299 g/mol. The molecule has 0 spiro atoms. The standard InChI is InChI=1S/C12H15N2O2.BrH/c1-8-12(2,3)10-7-9(14(15)16)5-6-11(10)13(8)4;/h5-7H,1-4H3;1H/q+1;/p-1. The SMILES string of the molecule is CC1=[N+](C)c2ccc([N+](=O)[O-])cc2C1(C)C.[Br-]. The van der Waals surface area contributed by atoms with Gasteiger partial charge in [0.25, 0.3) is 5.69 Å². The molecule has 4 nitrogen and oxygen atoms in total. The summed E-state index contributed by atoms with van der Waals surface area (Å²) in [6.07, 6.45) is 0. The summed E-state index contributed by atoms with van der Waals surface area (Å²) >= 11 is 0. The van der Waals surface area contributed by atoms with E-state index in [1.807, 2.05) is 13.1 Å². The minimum Gasteiger partial charge on any atom is -1.00 e. The molecule has 0 fully saturated rings. The fraction of sp³-hybridized carbons (Fsp3) is 0.417. The van der Waals surface area contributed by atoms with E-state index >= 15 is 0 Å². The Kier molecular flexibility index (Phi) is 3.43. The van der Waals surface area contributed by atoms with Crippen molar-refractivity contribution in [2.24, 2.45) is 0 Å². The van der Waals surface area contributed by atoms with Gasteiger partial charge in [-0.2, -0.15) is 0 Å². The van der Waals surface area contributed by atoms with Crippen LogP contribution in [-0.4, -0.2) is 22.3 Å². The molecular weight excluding hydrogens is 284 g/mol. The van der Waals surface area contributed by atoms with Gasteiger partial charge < -0.3 is 17.0 Å². The Labute approximate surface area is 111 Å². The van der Waals surface area contributed by atoms with Crippen LogP contribution in [0.2, 0.25) is 0 Å². The molecule has 0 amide bonds. The first-order valence-corrected chi connectivity index (χ1v) is 5.22. The lowest BCUT2D eigenvalue weighted by atomic mass is 9.82. The molecular formula is C12H15BrN2O2. The molecule has 1 aliphatic rings. The van der Waals surface area contributed by atoms with Gasteiger partial charge in [0.15, 0.2) is 5.71 Å². The fourth-order valence-electron chi connectivity index (χ4n) is 2.23. The van der Waals surface area contributed by atoms with Crippen molar-refractivity contribution in [2.45, 2.75) is 26.2 Å². The first-order chi connectivity index (χ1) is 7.35. The topological polar surface area (TPSA) is 46.1 Å². The average Bonchev–Trinajstić information content (AvgIpc) is 2.40. The molecule has 17 heavy (non-hydrogen) atoms. The van der Waals surface area contributed by atoms with Crippen molar-refractivity contribution in [1.29, 1.82) is 0 Å². The highest BCUT2D eigenvalue weighted by Gasteiger charge is 2.42. The van der Waals surface area contributed by atoms with Crippen LogP contribution in [0, 0.1) is 10.1 Å². The Bertz CT molecular complexity index is 521. The lowest BCUT2D eigenvalue weighted by molar-refractivity contribution is -0.403. The molecule has 2 rings (SSSR count). The number of non-ortho nitro benzene ring substituents is 1. The van der Waals surface area contributed by atoms with Crippen molar-refractivity contribution in [1.82, 2.24) is 0 Å². The quantitative estimate of drug-likeness (QED) is 0.403. The van der Waals surface area contributed by atoms with Crippen LogP contribution >= 0.6 is 0 Å². The van der Waals surface area contributed by atoms with Crippen molar-refractivity contribution in [3.63, 3.8) is 0 Å². The molecule has 0 radical (unpaired) electrons. The number of hydrogen-bond donors (Lipinski definition) is 0. The number of nitro benzene ring substituents is 1. The van der Waals surface area contributed by atoms with Crippen LogP contribution in [0.15, 0.2) is 18.2 Å². The molecule has 0 saturated carbocycles. The highest BCUT2D eigenvalue weighted by atomic mass is 79.9. The summed E-state index contributed by atoms with van der Waals surface area (Å²) in [5.74, 6) is 0. The van der Waals surface area contributed by atoms with Gasteiger partial charge in [0.2, 0.25) is 5.69 Å². The van der Waals surface area contributed by atoms with Gasteiger partial charge in [-0.15, -0.1) is 0 Å². The first kappa shape index (κ1) is 13.8. The molecule has 0 saturated heterocycles. The van der Waals surface area contributed by atoms with Gasteiger partial charge in [-0.25, -0.2) is 4.58 Å².